The summed E-state index contributed by atoms with van der Waals surface area (Å²) >= 11 is 0. The Balaban J connectivity index is 1.36. The molecule has 1 aromatic carbocycles. The molecule has 0 unspecified atom stereocenters. The number of sulfonamides is 1. The highest BCUT2D eigenvalue weighted by molar-refractivity contribution is 7.89. The van der Waals surface area contributed by atoms with Gasteiger partial charge in [-0.15, -0.1) is 0 Å². The molecule has 0 N–H and O–H groups in total. The minimum Gasteiger partial charge on any atom is -0.376 e. The van der Waals surface area contributed by atoms with Crippen LogP contribution in [0.2, 0.25) is 0 Å². The predicted octanol–water partition coefficient (Wildman–Crippen LogP) is 2.78. The van der Waals surface area contributed by atoms with E-state index in [9.17, 15) is 13.2 Å². The molecule has 2 aliphatic rings. The van der Waals surface area contributed by atoms with Crippen molar-refractivity contribution >= 4 is 15.8 Å². The van der Waals surface area contributed by atoms with Gasteiger partial charge < -0.3 is 9.30 Å². The molecule has 7 nitrogen and oxygen atoms in total. The molecule has 2 saturated heterocycles. The molecule has 0 amide bonds. The number of piperazine rings is 1. The van der Waals surface area contributed by atoms with Crippen LogP contribution in [0.3, 0.4) is 0 Å². The second kappa shape index (κ2) is 9.47. The van der Waals surface area contributed by atoms with Crippen LogP contribution in [0.25, 0.3) is 0 Å². The zero-order valence-electron chi connectivity index (χ0n) is 19.2. The summed E-state index contributed by atoms with van der Waals surface area (Å²) in [7, 11) is -3.50. The highest BCUT2D eigenvalue weighted by atomic mass is 32.2. The van der Waals surface area contributed by atoms with Crippen LogP contribution < -0.4 is 0 Å². The van der Waals surface area contributed by atoms with Gasteiger partial charge in [0.1, 0.15) is 0 Å². The molecular weight excluding hydrogens is 426 g/mol. The first-order chi connectivity index (χ1) is 15.3. The second-order valence-electron chi connectivity index (χ2n) is 8.95. The maximum Gasteiger partial charge on any atom is 0.243 e. The van der Waals surface area contributed by atoms with Gasteiger partial charge in [0.2, 0.25) is 10.0 Å². The van der Waals surface area contributed by atoms with Crippen LogP contribution in [-0.2, 0) is 21.3 Å². The Hall–Kier alpha value is -2.00. The van der Waals surface area contributed by atoms with E-state index in [1.165, 1.54) is 4.31 Å². The van der Waals surface area contributed by atoms with Crippen molar-refractivity contribution in [3.8, 4) is 0 Å². The molecule has 174 valence electrons. The van der Waals surface area contributed by atoms with Gasteiger partial charge in [-0.2, -0.15) is 4.31 Å². The van der Waals surface area contributed by atoms with Gasteiger partial charge in [0.15, 0.2) is 5.78 Å². The van der Waals surface area contributed by atoms with Crippen LogP contribution in [0.1, 0.15) is 40.2 Å². The summed E-state index contributed by atoms with van der Waals surface area (Å²) in [6, 6.07) is 8.93. The van der Waals surface area contributed by atoms with E-state index < -0.39 is 10.0 Å². The summed E-state index contributed by atoms with van der Waals surface area (Å²) < 4.78 is 35.3. The molecule has 2 aromatic rings. The number of ether oxygens (including phenoxy) is 1. The minimum atomic E-state index is -3.50. The average Bonchev–Trinajstić information content (AvgIpc) is 3.38. The first kappa shape index (κ1) is 23.2. The maximum atomic E-state index is 13.1. The Kier molecular flexibility index (Phi) is 6.86. The lowest BCUT2D eigenvalue weighted by Gasteiger charge is -2.33. The number of hydrogen-bond donors (Lipinski definition) is 0. The van der Waals surface area contributed by atoms with Gasteiger partial charge in [0, 0.05) is 56.3 Å². The van der Waals surface area contributed by atoms with E-state index in [0.717, 1.165) is 48.5 Å². The molecule has 2 fully saturated rings. The smallest absolute Gasteiger partial charge is 0.243 e. The van der Waals surface area contributed by atoms with Crippen LogP contribution in [0.15, 0.2) is 35.2 Å². The molecule has 1 atom stereocenters. The van der Waals surface area contributed by atoms with Crippen molar-refractivity contribution in [3.63, 3.8) is 0 Å². The Morgan fingerprint density at radius 2 is 1.75 bits per heavy atom. The summed E-state index contributed by atoms with van der Waals surface area (Å²) in [6.07, 6.45) is 2.39. The summed E-state index contributed by atoms with van der Waals surface area (Å²) in [4.78, 5) is 15.4. The highest BCUT2D eigenvalue weighted by Crippen LogP contribution is 2.22. The predicted molar refractivity (Wildman–Crippen MR) is 124 cm³/mol. The van der Waals surface area contributed by atoms with Crippen molar-refractivity contribution in [2.75, 3.05) is 39.3 Å². The molecule has 4 rings (SSSR count). The van der Waals surface area contributed by atoms with Gasteiger partial charge in [0.05, 0.1) is 17.5 Å². The van der Waals surface area contributed by atoms with Crippen LogP contribution in [-0.4, -0.2) is 73.4 Å². The number of rotatable bonds is 7. The number of Topliss-reactive ketones (excluding diaryl/α,β-unsaturated/α-hetero) is 1. The van der Waals surface area contributed by atoms with E-state index in [1.807, 2.05) is 39.0 Å². The molecule has 0 saturated carbocycles. The van der Waals surface area contributed by atoms with Crippen LogP contribution in [0.5, 0.6) is 0 Å². The standard InChI is InChI=1S/C24H33N3O4S/c1-18-6-8-22(9-7-18)32(29,30)26-12-10-25(11-13-26)17-24(28)23-15-19(2)27(20(23)3)16-21-5-4-14-31-21/h6-9,15,21H,4-5,10-14,16-17H2,1-3H3/t21-/m0/s1. The molecule has 2 aliphatic heterocycles. The summed E-state index contributed by atoms with van der Waals surface area (Å²) in [5, 5.41) is 0. The van der Waals surface area contributed by atoms with Crippen LogP contribution in [0, 0.1) is 20.8 Å². The van der Waals surface area contributed by atoms with E-state index in [4.69, 9.17) is 4.74 Å². The number of aromatic nitrogens is 1. The van der Waals surface area contributed by atoms with E-state index in [-0.39, 0.29) is 11.9 Å². The van der Waals surface area contributed by atoms with Gasteiger partial charge in [0.25, 0.3) is 0 Å². The largest absolute Gasteiger partial charge is 0.376 e. The van der Waals surface area contributed by atoms with Crippen LogP contribution in [0.4, 0.5) is 0 Å². The lowest BCUT2D eigenvalue weighted by molar-refractivity contribution is 0.0896. The number of carbonyl (C=O) groups is 1. The second-order valence-corrected chi connectivity index (χ2v) is 10.9. The van der Waals surface area contributed by atoms with Gasteiger partial charge in [-0.05, 0) is 51.8 Å². The molecule has 8 heteroatoms. The minimum absolute atomic E-state index is 0.0894. The Bertz CT molecular complexity index is 1060. The fraction of sp³-hybridized carbons (Fsp3) is 0.542. The van der Waals surface area contributed by atoms with Crippen molar-refractivity contribution in [1.82, 2.24) is 13.8 Å². The zero-order chi connectivity index (χ0) is 22.9. The summed E-state index contributed by atoms with van der Waals surface area (Å²) in [6.45, 7) is 9.77. The monoisotopic (exact) mass is 459 g/mol. The van der Waals surface area contributed by atoms with Crippen molar-refractivity contribution in [3.05, 3.63) is 52.8 Å². The zero-order valence-corrected chi connectivity index (χ0v) is 20.0. The first-order valence-electron chi connectivity index (χ1n) is 11.4. The third-order valence-corrected chi connectivity index (χ3v) is 8.55. The van der Waals surface area contributed by atoms with Crippen molar-refractivity contribution in [1.29, 1.82) is 0 Å². The van der Waals surface area contributed by atoms with E-state index in [1.54, 1.807) is 12.1 Å². The number of carbonyl (C=O) groups excluding carboxylic acids is 1. The summed E-state index contributed by atoms with van der Waals surface area (Å²) in [5.41, 5.74) is 3.86. The fourth-order valence-electron chi connectivity index (χ4n) is 4.63. The topological polar surface area (TPSA) is 71.9 Å². The van der Waals surface area contributed by atoms with Gasteiger partial charge in [-0.25, -0.2) is 8.42 Å². The molecule has 0 spiro atoms. The highest BCUT2D eigenvalue weighted by Gasteiger charge is 2.30. The molecule has 0 aliphatic carbocycles. The third-order valence-electron chi connectivity index (χ3n) is 6.64. The SMILES string of the molecule is Cc1ccc(S(=O)(=O)N2CCN(CC(=O)c3cc(C)n(C[C@@H]4CCCO4)c3C)CC2)cc1. The summed E-state index contributed by atoms with van der Waals surface area (Å²) in [5.74, 6) is 0.0894. The number of aryl methyl sites for hydroxylation is 2. The van der Waals surface area contributed by atoms with Crippen LogP contribution >= 0.6 is 0 Å². The Labute approximate surface area is 191 Å². The van der Waals surface area contributed by atoms with Crippen molar-refractivity contribution < 1.29 is 17.9 Å². The normalized spacial score (nSPS) is 20.7. The average molecular weight is 460 g/mol. The first-order valence-corrected chi connectivity index (χ1v) is 12.8. The van der Waals surface area contributed by atoms with Gasteiger partial charge in [-0.3, -0.25) is 9.69 Å². The molecule has 1 aromatic heterocycles. The lowest BCUT2D eigenvalue weighted by Crippen LogP contribution is -2.49. The van der Waals surface area contributed by atoms with E-state index in [2.05, 4.69) is 9.47 Å². The number of ketones is 1. The van der Waals surface area contributed by atoms with E-state index >= 15 is 0 Å². The quantitative estimate of drug-likeness (QED) is 0.596. The maximum absolute atomic E-state index is 13.1. The number of nitrogens with zero attached hydrogens (tertiary/aromatic N) is 3. The molecule has 0 radical (unpaired) electrons. The van der Waals surface area contributed by atoms with E-state index in [0.29, 0.717) is 37.6 Å². The number of benzene rings is 1. The third kappa shape index (κ3) is 4.83. The lowest BCUT2D eigenvalue weighted by atomic mass is 10.1. The fourth-order valence-corrected chi connectivity index (χ4v) is 6.05. The number of hydrogen-bond acceptors (Lipinski definition) is 5. The Morgan fingerprint density at radius 1 is 1.06 bits per heavy atom. The van der Waals surface area contributed by atoms with Crippen molar-refractivity contribution in [2.24, 2.45) is 0 Å². The molecule has 3 heterocycles. The molecular formula is C24H33N3O4S. The molecule has 0 bridgehead atoms. The van der Waals surface area contributed by atoms with Gasteiger partial charge >= 0.3 is 0 Å². The van der Waals surface area contributed by atoms with Gasteiger partial charge in [-0.1, -0.05) is 17.7 Å². The van der Waals surface area contributed by atoms with Crippen molar-refractivity contribution in [2.45, 2.75) is 51.2 Å². The Morgan fingerprint density at radius 3 is 2.38 bits per heavy atom. The molecule has 32 heavy (non-hydrogen) atoms.